The summed E-state index contributed by atoms with van der Waals surface area (Å²) in [5.41, 5.74) is 0.330. The van der Waals surface area contributed by atoms with Crippen LogP contribution in [0.2, 0.25) is 0 Å². The Balaban J connectivity index is 2.25. The first-order valence-electron chi connectivity index (χ1n) is 5.64. The Morgan fingerprint density at radius 1 is 1.53 bits per heavy atom. The Labute approximate surface area is 114 Å². The molecule has 1 N–H and O–H groups in total. The van der Waals surface area contributed by atoms with Crippen molar-refractivity contribution < 1.29 is 17.9 Å². The molecule has 0 spiro atoms. The number of ether oxygens (including phenoxy) is 1. The molecule has 0 bridgehead atoms. The maximum Gasteiger partial charge on any atom is 0.310 e. The summed E-state index contributed by atoms with van der Waals surface area (Å²) in [6.07, 6.45) is 0.435. The predicted molar refractivity (Wildman–Crippen MR) is 68.6 cm³/mol. The maximum atomic E-state index is 12.4. The second-order valence-corrected chi connectivity index (χ2v) is 7.42. The van der Waals surface area contributed by atoms with Crippen molar-refractivity contribution in [3.8, 4) is 0 Å². The zero-order chi connectivity index (χ0) is 14.2. The molecule has 2 rings (SSSR count). The number of carbonyl (C=O) groups excluding carboxylic acids is 1. The average molecular weight is 306 g/mol. The topological polar surface area (TPSA) is 96.5 Å². The van der Waals surface area contributed by atoms with Crippen molar-refractivity contribution in [2.45, 2.75) is 17.6 Å². The van der Waals surface area contributed by atoms with E-state index < -0.39 is 26.8 Å². The normalized spacial score (nSPS) is 20.6. The Morgan fingerprint density at radius 3 is 2.74 bits per heavy atom. The number of H-pyrrole nitrogens is 1. The van der Waals surface area contributed by atoms with Crippen molar-refractivity contribution in [2.75, 3.05) is 20.2 Å². The summed E-state index contributed by atoms with van der Waals surface area (Å²) >= 11 is 0.667. The molecule has 0 saturated carbocycles. The fraction of sp³-hybridized carbons (Fsp3) is 0.600. The summed E-state index contributed by atoms with van der Waals surface area (Å²) in [5, 5.41) is 0. The van der Waals surface area contributed by atoms with Gasteiger partial charge in [-0.05, 0) is 13.3 Å². The molecule has 1 fully saturated rings. The van der Waals surface area contributed by atoms with Crippen LogP contribution in [0, 0.1) is 12.8 Å². The summed E-state index contributed by atoms with van der Waals surface area (Å²) in [4.78, 5) is 24.6. The number of hydrogen-bond acceptors (Lipinski definition) is 6. The van der Waals surface area contributed by atoms with E-state index in [1.807, 2.05) is 0 Å². The Bertz CT molecular complexity index is 645. The van der Waals surface area contributed by atoms with E-state index in [1.54, 1.807) is 6.92 Å². The van der Waals surface area contributed by atoms with Crippen molar-refractivity contribution in [3.63, 3.8) is 0 Å². The summed E-state index contributed by atoms with van der Waals surface area (Å²) in [6, 6.07) is 0. The van der Waals surface area contributed by atoms with Crippen LogP contribution in [0.3, 0.4) is 0 Å². The van der Waals surface area contributed by atoms with Crippen LogP contribution in [-0.4, -0.2) is 43.9 Å². The lowest BCUT2D eigenvalue weighted by Crippen LogP contribution is -2.30. The van der Waals surface area contributed by atoms with Crippen LogP contribution in [0.4, 0.5) is 0 Å². The van der Waals surface area contributed by atoms with Gasteiger partial charge in [-0.1, -0.05) is 11.3 Å². The zero-order valence-corrected chi connectivity index (χ0v) is 12.1. The molecule has 2 heterocycles. The molecule has 0 aliphatic carbocycles. The van der Waals surface area contributed by atoms with Crippen LogP contribution in [0.25, 0.3) is 0 Å². The average Bonchev–Trinajstić information content (AvgIpc) is 2.95. The molecule has 1 aromatic rings. The van der Waals surface area contributed by atoms with Gasteiger partial charge in [0.05, 0.1) is 13.0 Å². The quantitative estimate of drug-likeness (QED) is 0.788. The molecule has 19 heavy (non-hydrogen) atoms. The summed E-state index contributed by atoms with van der Waals surface area (Å²) < 4.78 is 30.6. The number of methoxy groups -OCH3 is 1. The Morgan fingerprint density at radius 2 is 2.21 bits per heavy atom. The van der Waals surface area contributed by atoms with Gasteiger partial charge in [-0.15, -0.1) is 0 Å². The highest BCUT2D eigenvalue weighted by molar-refractivity contribution is 7.91. The lowest BCUT2D eigenvalue weighted by Gasteiger charge is -2.15. The number of hydrogen-bond donors (Lipinski definition) is 1. The van der Waals surface area contributed by atoms with E-state index in [1.165, 1.54) is 11.4 Å². The molecule has 7 nitrogen and oxygen atoms in total. The second-order valence-electron chi connectivity index (χ2n) is 4.30. The fourth-order valence-corrected chi connectivity index (χ4v) is 4.99. The van der Waals surface area contributed by atoms with Crippen molar-refractivity contribution in [2.24, 2.45) is 5.92 Å². The van der Waals surface area contributed by atoms with Gasteiger partial charge in [0.2, 0.25) is 0 Å². The van der Waals surface area contributed by atoms with Crippen LogP contribution in [0.15, 0.2) is 9.00 Å². The van der Waals surface area contributed by atoms with E-state index in [-0.39, 0.29) is 17.3 Å². The van der Waals surface area contributed by atoms with Gasteiger partial charge in [-0.2, -0.15) is 4.31 Å². The molecule has 1 aliphatic rings. The number of carbonyl (C=O) groups is 1. The standard InChI is InChI=1S/C10H14N2O5S2/c1-6-9(18-10(14)11-6)19(15,16)12-4-3-7(5-12)8(13)17-2/h7H,3-5H2,1-2H3,(H,11,14). The highest BCUT2D eigenvalue weighted by Crippen LogP contribution is 2.27. The van der Waals surface area contributed by atoms with Gasteiger partial charge < -0.3 is 9.72 Å². The van der Waals surface area contributed by atoms with Crippen molar-refractivity contribution in [1.29, 1.82) is 0 Å². The number of rotatable bonds is 3. The highest BCUT2D eigenvalue weighted by atomic mass is 32.2. The fourth-order valence-electron chi connectivity index (χ4n) is 2.06. The van der Waals surface area contributed by atoms with E-state index in [9.17, 15) is 18.0 Å². The third-order valence-corrected chi connectivity index (χ3v) is 6.49. The molecule has 106 valence electrons. The van der Waals surface area contributed by atoms with Crippen LogP contribution in [0.1, 0.15) is 12.1 Å². The zero-order valence-electron chi connectivity index (χ0n) is 10.5. The first kappa shape index (κ1) is 14.2. The first-order valence-corrected chi connectivity index (χ1v) is 7.89. The third kappa shape index (κ3) is 2.58. The number of aromatic amines is 1. The van der Waals surface area contributed by atoms with Crippen molar-refractivity contribution in [1.82, 2.24) is 9.29 Å². The van der Waals surface area contributed by atoms with Crippen LogP contribution >= 0.6 is 11.3 Å². The predicted octanol–water partition coefficient (Wildman–Crippen LogP) is -0.0716. The van der Waals surface area contributed by atoms with E-state index in [4.69, 9.17) is 0 Å². The minimum Gasteiger partial charge on any atom is -0.469 e. The monoisotopic (exact) mass is 306 g/mol. The molecule has 1 saturated heterocycles. The lowest BCUT2D eigenvalue weighted by molar-refractivity contribution is -0.144. The van der Waals surface area contributed by atoms with Gasteiger partial charge >= 0.3 is 10.8 Å². The molecule has 0 radical (unpaired) electrons. The summed E-state index contributed by atoms with van der Waals surface area (Å²) in [5.74, 6) is -0.840. The SMILES string of the molecule is COC(=O)C1CCN(S(=O)(=O)c2sc(=O)[nH]c2C)C1. The minimum atomic E-state index is -3.71. The van der Waals surface area contributed by atoms with Gasteiger partial charge in [0.15, 0.2) is 4.21 Å². The Kier molecular flexibility index (Phi) is 3.79. The van der Waals surface area contributed by atoms with Gasteiger partial charge in [0, 0.05) is 18.8 Å². The maximum absolute atomic E-state index is 12.4. The second kappa shape index (κ2) is 5.06. The third-order valence-electron chi connectivity index (χ3n) is 3.04. The Hall–Kier alpha value is -1.19. The first-order chi connectivity index (χ1) is 8.86. The summed E-state index contributed by atoms with van der Waals surface area (Å²) in [6.45, 7) is 1.90. The number of aromatic nitrogens is 1. The van der Waals surface area contributed by atoms with Crippen LogP contribution in [0.5, 0.6) is 0 Å². The van der Waals surface area contributed by atoms with E-state index in [0.717, 1.165) is 0 Å². The molecular weight excluding hydrogens is 292 g/mol. The number of sulfonamides is 1. The van der Waals surface area contributed by atoms with E-state index >= 15 is 0 Å². The smallest absolute Gasteiger partial charge is 0.310 e. The molecule has 1 aromatic heterocycles. The number of nitrogens with one attached hydrogen (secondary N) is 1. The molecule has 1 aliphatic heterocycles. The van der Waals surface area contributed by atoms with Crippen molar-refractivity contribution >= 4 is 27.3 Å². The number of thiazole rings is 1. The summed E-state index contributed by atoms with van der Waals surface area (Å²) in [7, 11) is -2.43. The minimum absolute atomic E-state index is 0.0167. The number of aryl methyl sites for hydroxylation is 1. The van der Waals surface area contributed by atoms with Crippen LogP contribution < -0.4 is 4.87 Å². The molecular formula is C10H14N2O5S2. The van der Waals surface area contributed by atoms with Crippen LogP contribution in [-0.2, 0) is 19.6 Å². The van der Waals surface area contributed by atoms with Crippen molar-refractivity contribution in [3.05, 3.63) is 15.4 Å². The molecule has 1 atom stereocenters. The molecule has 1 unspecified atom stereocenters. The van der Waals surface area contributed by atoms with Gasteiger partial charge in [-0.25, -0.2) is 8.42 Å². The largest absolute Gasteiger partial charge is 0.469 e. The molecule has 0 amide bonds. The lowest BCUT2D eigenvalue weighted by atomic mass is 10.1. The van der Waals surface area contributed by atoms with E-state index in [2.05, 4.69) is 9.72 Å². The molecule has 0 aromatic carbocycles. The number of esters is 1. The highest BCUT2D eigenvalue weighted by Gasteiger charge is 2.37. The van der Waals surface area contributed by atoms with Gasteiger partial charge in [0.1, 0.15) is 0 Å². The van der Waals surface area contributed by atoms with Gasteiger partial charge in [0.25, 0.3) is 10.0 Å². The number of nitrogens with zero attached hydrogens (tertiary/aromatic N) is 1. The van der Waals surface area contributed by atoms with Gasteiger partial charge in [-0.3, -0.25) is 9.59 Å². The van der Waals surface area contributed by atoms with E-state index in [0.29, 0.717) is 23.5 Å². The molecule has 9 heteroatoms.